The van der Waals surface area contributed by atoms with Gasteiger partial charge in [-0.25, -0.2) is 8.42 Å². The molecule has 1 rings (SSSR count). The highest BCUT2D eigenvalue weighted by Gasteiger charge is 2.28. The van der Waals surface area contributed by atoms with E-state index in [4.69, 9.17) is 5.73 Å². The van der Waals surface area contributed by atoms with Crippen LogP contribution in [0.1, 0.15) is 13.3 Å². The number of hydrogen-bond acceptors (Lipinski definition) is 5. The van der Waals surface area contributed by atoms with Crippen LogP contribution in [0, 0.1) is 0 Å². The second-order valence-corrected chi connectivity index (χ2v) is 6.92. The number of carbonyl (C=O) groups is 1. The molecule has 0 aliphatic rings. The average molecular weight is 365 g/mol. The van der Waals surface area contributed by atoms with Crippen LogP contribution < -0.4 is 5.73 Å². The molecule has 0 spiro atoms. The van der Waals surface area contributed by atoms with E-state index in [0.717, 1.165) is 4.31 Å². The van der Waals surface area contributed by atoms with Crippen LogP contribution in [0.5, 0.6) is 0 Å². The maximum atomic E-state index is 12.6. The number of rotatable bonds is 6. The van der Waals surface area contributed by atoms with Crippen LogP contribution in [0.4, 0.5) is 5.69 Å². The van der Waals surface area contributed by atoms with Crippen molar-refractivity contribution in [2.75, 3.05) is 25.9 Å². The van der Waals surface area contributed by atoms with Gasteiger partial charge in [-0.15, -0.1) is 0 Å². The van der Waals surface area contributed by atoms with Crippen LogP contribution >= 0.6 is 15.9 Å². The second-order valence-electron chi connectivity index (χ2n) is 4.10. The van der Waals surface area contributed by atoms with Crippen molar-refractivity contribution < 1.29 is 17.9 Å². The minimum atomic E-state index is -3.84. The van der Waals surface area contributed by atoms with Gasteiger partial charge in [0, 0.05) is 11.0 Å². The van der Waals surface area contributed by atoms with Crippen LogP contribution in [0.15, 0.2) is 27.6 Å². The van der Waals surface area contributed by atoms with Crippen LogP contribution in [0.3, 0.4) is 0 Å². The Morgan fingerprint density at radius 2 is 2.10 bits per heavy atom. The summed E-state index contributed by atoms with van der Waals surface area (Å²) >= 11 is 3.21. The maximum absolute atomic E-state index is 12.6. The van der Waals surface area contributed by atoms with Gasteiger partial charge < -0.3 is 10.5 Å². The Hall–Kier alpha value is -1.12. The third kappa shape index (κ3) is 3.94. The normalized spacial score (nSPS) is 11.6. The molecule has 20 heavy (non-hydrogen) atoms. The zero-order valence-corrected chi connectivity index (χ0v) is 13.7. The van der Waals surface area contributed by atoms with Gasteiger partial charge in [0.2, 0.25) is 10.0 Å². The molecule has 0 saturated carbocycles. The van der Waals surface area contributed by atoms with Gasteiger partial charge in [-0.2, -0.15) is 4.31 Å². The number of carbonyl (C=O) groups excluding carboxylic acids is 1. The fourth-order valence-corrected chi connectivity index (χ4v) is 3.74. The molecule has 0 atom stereocenters. The fourth-order valence-electron chi connectivity index (χ4n) is 1.61. The molecule has 0 saturated heterocycles. The summed E-state index contributed by atoms with van der Waals surface area (Å²) in [6.07, 6.45) is 0.574. The van der Waals surface area contributed by atoms with E-state index in [2.05, 4.69) is 20.7 Å². The van der Waals surface area contributed by atoms with Crippen LogP contribution in [0.2, 0.25) is 0 Å². The maximum Gasteiger partial charge on any atom is 0.321 e. The molecular formula is C12H17BrN2O4S. The van der Waals surface area contributed by atoms with Crippen LogP contribution in [-0.4, -0.2) is 38.9 Å². The Labute approximate surface area is 127 Å². The molecule has 8 heteroatoms. The van der Waals surface area contributed by atoms with Gasteiger partial charge in [0.1, 0.15) is 11.4 Å². The molecule has 1 aromatic rings. The molecule has 6 nitrogen and oxygen atoms in total. The number of nitrogens with zero attached hydrogens (tertiary/aromatic N) is 1. The molecule has 0 fully saturated rings. The smallest absolute Gasteiger partial charge is 0.321 e. The van der Waals surface area contributed by atoms with Crippen LogP contribution in [0.25, 0.3) is 0 Å². The van der Waals surface area contributed by atoms with Crippen molar-refractivity contribution in [1.29, 1.82) is 0 Å². The average Bonchev–Trinajstić information content (AvgIpc) is 2.40. The summed E-state index contributed by atoms with van der Waals surface area (Å²) in [7, 11) is -2.63. The lowest BCUT2D eigenvalue weighted by atomic mass is 10.3. The van der Waals surface area contributed by atoms with Crippen molar-refractivity contribution >= 4 is 37.6 Å². The Bertz CT molecular complexity index is 589. The highest BCUT2D eigenvalue weighted by molar-refractivity contribution is 9.10. The van der Waals surface area contributed by atoms with Crippen LogP contribution in [-0.2, 0) is 19.6 Å². The lowest BCUT2D eigenvalue weighted by molar-refractivity contribution is -0.140. The van der Waals surface area contributed by atoms with Crippen molar-refractivity contribution in [3.63, 3.8) is 0 Å². The first-order chi connectivity index (χ1) is 9.32. The number of nitrogen functional groups attached to an aromatic ring is 1. The number of nitrogens with two attached hydrogens (primary N) is 1. The molecule has 112 valence electrons. The number of sulfonamides is 1. The Kier molecular flexibility index (Phi) is 5.97. The van der Waals surface area contributed by atoms with Gasteiger partial charge in [-0.1, -0.05) is 22.9 Å². The number of anilines is 1. The van der Waals surface area contributed by atoms with Gasteiger partial charge in [-0.05, 0) is 24.6 Å². The number of hydrogen-bond donors (Lipinski definition) is 1. The van der Waals surface area contributed by atoms with Crippen molar-refractivity contribution in [2.24, 2.45) is 0 Å². The van der Waals surface area contributed by atoms with Gasteiger partial charge in [0.05, 0.1) is 12.8 Å². The van der Waals surface area contributed by atoms with E-state index in [1.807, 2.05) is 6.92 Å². The minimum Gasteiger partial charge on any atom is -0.468 e. The summed E-state index contributed by atoms with van der Waals surface area (Å²) in [5, 5.41) is 0. The summed E-state index contributed by atoms with van der Waals surface area (Å²) < 4.78 is 31.3. The molecule has 0 aliphatic carbocycles. The number of benzene rings is 1. The van der Waals surface area contributed by atoms with E-state index >= 15 is 0 Å². The van der Waals surface area contributed by atoms with E-state index in [9.17, 15) is 13.2 Å². The zero-order valence-electron chi connectivity index (χ0n) is 11.3. The molecule has 0 aliphatic heterocycles. The topological polar surface area (TPSA) is 89.7 Å². The Morgan fingerprint density at radius 3 is 2.65 bits per heavy atom. The summed E-state index contributed by atoms with van der Waals surface area (Å²) in [5.74, 6) is -0.615. The third-order valence-corrected chi connectivity index (χ3v) is 4.99. The number of esters is 1. The predicted octanol–water partition coefficient (Wildman–Crippen LogP) is 1.61. The molecule has 2 N–H and O–H groups in total. The zero-order chi connectivity index (χ0) is 15.3. The van der Waals surface area contributed by atoms with Gasteiger partial charge in [-0.3, -0.25) is 4.79 Å². The Balaban J connectivity index is 3.22. The number of ether oxygens (including phenoxy) is 1. The lowest BCUT2D eigenvalue weighted by Gasteiger charge is -2.21. The summed E-state index contributed by atoms with van der Waals surface area (Å²) in [4.78, 5) is 11.3. The summed E-state index contributed by atoms with van der Waals surface area (Å²) in [6.45, 7) is 1.70. The number of halogens is 1. The van der Waals surface area contributed by atoms with E-state index < -0.39 is 16.0 Å². The molecule has 0 unspecified atom stereocenters. The highest BCUT2D eigenvalue weighted by Crippen LogP contribution is 2.26. The minimum absolute atomic E-state index is 0.0239. The molecule has 0 heterocycles. The first kappa shape index (κ1) is 16.9. The number of methoxy groups -OCH3 is 1. The van der Waals surface area contributed by atoms with Crippen molar-refractivity contribution in [3.8, 4) is 0 Å². The van der Waals surface area contributed by atoms with Crippen molar-refractivity contribution in [1.82, 2.24) is 4.31 Å². The predicted molar refractivity (Wildman–Crippen MR) is 79.6 cm³/mol. The SMILES string of the molecule is CCCN(CC(=O)OC)S(=O)(=O)c1cc(Br)ccc1N. The largest absolute Gasteiger partial charge is 0.468 e. The quantitative estimate of drug-likeness (QED) is 0.611. The fraction of sp³-hybridized carbons (Fsp3) is 0.417. The first-order valence-electron chi connectivity index (χ1n) is 5.95. The summed E-state index contributed by atoms with van der Waals surface area (Å²) in [6, 6.07) is 4.57. The molecule has 0 aromatic heterocycles. The second kappa shape index (κ2) is 7.05. The molecule has 0 radical (unpaired) electrons. The molecule has 0 amide bonds. The van der Waals surface area contributed by atoms with E-state index in [0.29, 0.717) is 10.9 Å². The highest BCUT2D eigenvalue weighted by atomic mass is 79.9. The van der Waals surface area contributed by atoms with E-state index in [-0.39, 0.29) is 23.7 Å². The molecule has 0 bridgehead atoms. The van der Waals surface area contributed by atoms with E-state index in [1.165, 1.54) is 19.2 Å². The van der Waals surface area contributed by atoms with Gasteiger partial charge in [0.15, 0.2) is 0 Å². The molecule has 1 aromatic carbocycles. The standard InChI is InChI=1S/C12H17BrN2O4S/c1-3-6-15(8-12(16)19-2)20(17,18)11-7-9(13)4-5-10(11)14/h4-5,7H,3,6,8,14H2,1-2H3. The van der Waals surface area contributed by atoms with E-state index in [1.54, 1.807) is 6.07 Å². The lowest BCUT2D eigenvalue weighted by Crippen LogP contribution is -2.37. The van der Waals surface area contributed by atoms with Gasteiger partial charge >= 0.3 is 5.97 Å². The summed E-state index contributed by atoms with van der Waals surface area (Å²) in [5.41, 5.74) is 5.87. The third-order valence-electron chi connectivity index (χ3n) is 2.60. The Morgan fingerprint density at radius 1 is 1.45 bits per heavy atom. The van der Waals surface area contributed by atoms with Crippen molar-refractivity contribution in [3.05, 3.63) is 22.7 Å². The van der Waals surface area contributed by atoms with Crippen molar-refractivity contribution in [2.45, 2.75) is 18.2 Å². The first-order valence-corrected chi connectivity index (χ1v) is 8.18. The van der Waals surface area contributed by atoms with Gasteiger partial charge in [0.25, 0.3) is 0 Å². The monoisotopic (exact) mass is 364 g/mol. The molecular weight excluding hydrogens is 348 g/mol.